The molecule has 1 aromatic rings. The van der Waals surface area contributed by atoms with Gasteiger partial charge < -0.3 is 4.74 Å². The van der Waals surface area contributed by atoms with E-state index in [0.717, 1.165) is 10.6 Å². The Kier molecular flexibility index (Phi) is 4.06. The number of alkyl halides is 1. The summed E-state index contributed by atoms with van der Waals surface area (Å²) in [6, 6.07) is 5.46. The third kappa shape index (κ3) is 2.47. The molecule has 0 spiro atoms. The molecule has 0 aromatic heterocycles. The van der Waals surface area contributed by atoms with Crippen LogP contribution in [0.1, 0.15) is 0 Å². The Morgan fingerprint density at radius 3 is 2.83 bits per heavy atom. The highest BCUT2D eigenvalue weighted by molar-refractivity contribution is 8.00. The fraction of sp³-hybridized carbons (Fsp3) is 0.250. The van der Waals surface area contributed by atoms with Gasteiger partial charge in [0.05, 0.1) is 17.2 Å². The van der Waals surface area contributed by atoms with E-state index in [4.69, 9.17) is 27.9 Å². The highest BCUT2D eigenvalue weighted by Crippen LogP contribution is 2.31. The van der Waals surface area contributed by atoms with Crippen LogP contribution in [0, 0.1) is 0 Å². The number of benzene rings is 1. The number of hydrogen-bond acceptors (Lipinski definition) is 2. The second-order valence-corrected chi connectivity index (χ2v) is 4.09. The van der Waals surface area contributed by atoms with Crippen molar-refractivity contribution in [2.24, 2.45) is 0 Å². The summed E-state index contributed by atoms with van der Waals surface area (Å²) < 4.78 is 5.11. The van der Waals surface area contributed by atoms with Crippen molar-refractivity contribution >= 4 is 35.0 Å². The van der Waals surface area contributed by atoms with E-state index >= 15 is 0 Å². The first-order valence-corrected chi connectivity index (χ1v) is 5.20. The molecule has 1 aromatic carbocycles. The van der Waals surface area contributed by atoms with Crippen LogP contribution in [0.5, 0.6) is 5.75 Å². The molecule has 0 aliphatic rings. The summed E-state index contributed by atoms with van der Waals surface area (Å²) in [5.41, 5.74) is 0. The van der Waals surface area contributed by atoms with Crippen LogP contribution in [0.25, 0.3) is 0 Å². The molecule has 0 bridgehead atoms. The molecule has 0 saturated heterocycles. The van der Waals surface area contributed by atoms with E-state index in [1.165, 1.54) is 11.8 Å². The van der Waals surface area contributed by atoms with E-state index in [0.29, 0.717) is 10.2 Å². The molecule has 0 radical (unpaired) electrons. The topological polar surface area (TPSA) is 9.23 Å². The Labute approximate surface area is 86.0 Å². The van der Waals surface area contributed by atoms with Crippen molar-refractivity contribution < 1.29 is 4.74 Å². The van der Waals surface area contributed by atoms with Gasteiger partial charge >= 0.3 is 0 Å². The predicted molar refractivity (Wildman–Crippen MR) is 54.6 cm³/mol. The van der Waals surface area contributed by atoms with Gasteiger partial charge in [-0.05, 0) is 18.2 Å². The molecule has 0 heterocycles. The van der Waals surface area contributed by atoms with Crippen LogP contribution < -0.4 is 4.74 Å². The molecular formula is C8H8Cl2OS. The Bertz CT molecular complexity index is 265. The average molecular weight is 223 g/mol. The quantitative estimate of drug-likeness (QED) is 0.571. The third-order valence-corrected chi connectivity index (χ3v) is 2.64. The molecule has 0 N–H and O–H groups in total. The molecule has 0 atom stereocenters. The van der Waals surface area contributed by atoms with Crippen LogP contribution in [-0.4, -0.2) is 12.3 Å². The Hall–Kier alpha value is -0.0500. The SMILES string of the molecule is COc1ccc(Cl)cc1SCCl. The second-order valence-electron chi connectivity index (χ2n) is 2.05. The van der Waals surface area contributed by atoms with Crippen LogP contribution in [0.15, 0.2) is 23.1 Å². The van der Waals surface area contributed by atoms with Crippen LogP contribution in [0.4, 0.5) is 0 Å². The lowest BCUT2D eigenvalue weighted by molar-refractivity contribution is 0.405. The van der Waals surface area contributed by atoms with E-state index in [9.17, 15) is 0 Å². The van der Waals surface area contributed by atoms with Gasteiger partial charge in [0.15, 0.2) is 0 Å². The number of ether oxygens (including phenoxy) is 1. The highest BCUT2D eigenvalue weighted by atomic mass is 35.5. The van der Waals surface area contributed by atoms with Crippen molar-refractivity contribution in [3.8, 4) is 5.75 Å². The fourth-order valence-corrected chi connectivity index (χ4v) is 2.03. The van der Waals surface area contributed by atoms with Gasteiger partial charge in [0.2, 0.25) is 0 Å². The standard InChI is InChI=1S/C8H8Cl2OS/c1-11-7-3-2-6(10)4-8(7)12-5-9/h2-4H,5H2,1H3. The van der Waals surface area contributed by atoms with Crippen molar-refractivity contribution in [3.63, 3.8) is 0 Å². The van der Waals surface area contributed by atoms with E-state index in [1.54, 1.807) is 13.2 Å². The van der Waals surface area contributed by atoms with Crippen LogP contribution in [0.2, 0.25) is 5.02 Å². The molecule has 66 valence electrons. The minimum absolute atomic E-state index is 0.497. The summed E-state index contributed by atoms with van der Waals surface area (Å²) in [5.74, 6) is 0.810. The summed E-state index contributed by atoms with van der Waals surface area (Å²) in [6.07, 6.45) is 0. The lowest BCUT2D eigenvalue weighted by Gasteiger charge is -2.05. The zero-order valence-corrected chi connectivity index (χ0v) is 8.84. The van der Waals surface area contributed by atoms with Gasteiger partial charge in [0.1, 0.15) is 5.75 Å². The molecule has 0 amide bonds. The van der Waals surface area contributed by atoms with Crippen molar-refractivity contribution in [1.82, 2.24) is 0 Å². The van der Waals surface area contributed by atoms with E-state index in [2.05, 4.69) is 0 Å². The highest BCUT2D eigenvalue weighted by Gasteiger charge is 2.02. The number of rotatable bonds is 3. The molecule has 1 nitrogen and oxygen atoms in total. The first kappa shape index (κ1) is 10.0. The Morgan fingerprint density at radius 2 is 2.25 bits per heavy atom. The Morgan fingerprint density at radius 1 is 1.50 bits per heavy atom. The van der Waals surface area contributed by atoms with Crippen molar-refractivity contribution in [2.75, 3.05) is 12.3 Å². The van der Waals surface area contributed by atoms with Crippen LogP contribution >= 0.6 is 35.0 Å². The maximum Gasteiger partial charge on any atom is 0.132 e. The summed E-state index contributed by atoms with van der Waals surface area (Å²) in [5, 5.41) is 1.19. The predicted octanol–water partition coefficient (Wildman–Crippen LogP) is 3.64. The smallest absolute Gasteiger partial charge is 0.132 e. The van der Waals surface area contributed by atoms with Crippen molar-refractivity contribution in [3.05, 3.63) is 23.2 Å². The normalized spacial score (nSPS) is 9.92. The molecule has 4 heteroatoms. The van der Waals surface area contributed by atoms with Gasteiger partial charge in [-0.25, -0.2) is 0 Å². The number of methoxy groups -OCH3 is 1. The summed E-state index contributed by atoms with van der Waals surface area (Å²) in [7, 11) is 1.63. The van der Waals surface area contributed by atoms with Crippen LogP contribution in [-0.2, 0) is 0 Å². The lowest BCUT2D eigenvalue weighted by atomic mass is 10.3. The molecule has 0 saturated carbocycles. The zero-order chi connectivity index (χ0) is 8.97. The molecule has 1 rings (SSSR count). The minimum Gasteiger partial charge on any atom is -0.496 e. The van der Waals surface area contributed by atoms with Gasteiger partial charge in [0.25, 0.3) is 0 Å². The molecule has 0 unspecified atom stereocenters. The summed E-state index contributed by atoms with van der Waals surface area (Å²) in [6.45, 7) is 0. The average Bonchev–Trinajstić information content (AvgIpc) is 2.05. The number of thioether (sulfide) groups is 1. The van der Waals surface area contributed by atoms with Gasteiger partial charge in [-0.1, -0.05) is 11.6 Å². The minimum atomic E-state index is 0.497. The molecule has 12 heavy (non-hydrogen) atoms. The maximum absolute atomic E-state index is 5.80. The first-order valence-electron chi connectivity index (χ1n) is 3.30. The molecule has 0 fully saturated rings. The van der Waals surface area contributed by atoms with Gasteiger partial charge in [-0.15, -0.1) is 23.4 Å². The van der Waals surface area contributed by atoms with Gasteiger partial charge in [0, 0.05) is 5.02 Å². The second kappa shape index (κ2) is 4.85. The third-order valence-electron chi connectivity index (χ3n) is 1.34. The van der Waals surface area contributed by atoms with Gasteiger partial charge in [-0.3, -0.25) is 0 Å². The van der Waals surface area contributed by atoms with Gasteiger partial charge in [-0.2, -0.15) is 0 Å². The van der Waals surface area contributed by atoms with E-state index < -0.39 is 0 Å². The number of halogens is 2. The molecule has 0 aliphatic carbocycles. The molecular weight excluding hydrogens is 215 g/mol. The monoisotopic (exact) mass is 222 g/mol. The van der Waals surface area contributed by atoms with E-state index in [-0.39, 0.29) is 0 Å². The summed E-state index contributed by atoms with van der Waals surface area (Å²) >= 11 is 12.9. The number of hydrogen-bond donors (Lipinski definition) is 0. The molecule has 0 aliphatic heterocycles. The largest absolute Gasteiger partial charge is 0.496 e. The first-order chi connectivity index (χ1) is 5.77. The zero-order valence-electron chi connectivity index (χ0n) is 6.51. The lowest BCUT2D eigenvalue weighted by Crippen LogP contribution is -1.85. The van der Waals surface area contributed by atoms with Crippen LogP contribution in [0.3, 0.4) is 0 Å². The Balaban J connectivity index is 2.95. The maximum atomic E-state index is 5.80. The van der Waals surface area contributed by atoms with Crippen molar-refractivity contribution in [2.45, 2.75) is 4.90 Å². The van der Waals surface area contributed by atoms with Crippen molar-refractivity contribution in [1.29, 1.82) is 0 Å². The summed E-state index contributed by atoms with van der Waals surface area (Å²) in [4.78, 5) is 0.972. The van der Waals surface area contributed by atoms with E-state index in [1.807, 2.05) is 12.1 Å². The fourth-order valence-electron chi connectivity index (χ4n) is 0.822.